The number of benzene rings is 1. The van der Waals surface area contributed by atoms with Gasteiger partial charge in [0.05, 0.1) is 0 Å². The van der Waals surface area contributed by atoms with E-state index >= 15 is 0 Å². The van der Waals surface area contributed by atoms with Gasteiger partial charge in [-0.1, -0.05) is 12.1 Å². The van der Waals surface area contributed by atoms with E-state index in [9.17, 15) is 0 Å². The number of anilines is 1. The molecule has 0 amide bonds. The van der Waals surface area contributed by atoms with Gasteiger partial charge >= 0.3 is 0 Å². The first-order valence-corrected chi connectivity index (χ1v) is 6.92. The topological polar surface area (TPSA) is 102 Å². The molecule has 0 aliphatic rings. The van der Waals surface area contributed by atoms with Gasteiger partial charge in [-0.05, 0) is 43.1 Å². The standard InChI is InChI=1S/C14H27N5/c15-5-7-18-10-13(11-19-8-6-16)9-12-1-3-14(17)4-2-12/h1-4,13,18-19H,5-11,15-17H2. The van der Waals surface area contributed by atoms with Crippen molar-refractivity contribution in [3.63, 3.8) is 0 Å². The molecule has 1 rings (SSSR count). The fraction of sp³-hybridized carbons (Fsp3) is 0.571. The summed E-state index contributed by atoms with van der Waals surface area (Å²) >= 11 is 0. The summed E-state index contributed by atoms with van der Waals surface area (Å²) in [5, 5.41) is 6.75. The second-order valence-corrected chi connectivity index (χ2v) is 4.80. The van der Waals surface area contributed by atoms with Gasteiger partial charge in [-0.25, -0.2) is 0 Å². The van der Waals surface area contributed by atoms with Gasteiger partial charge in [0.15, 0.2) is 0 Å². The molecular weight excluding hydrogens is 238 g/mol. The molecule has 19 heavy (non-hydrogen) atoms. The van der Waals surface area contributed by atoms with Crippen LogP contribution in [0.2, 0.25) is 0 Å². The van der Waals surface area contributed by atoms with Gasteiger partial charge in [0, 0.05) is 31.9 Å². The summed E-state index contributed by atoms with van der Waals surface area (Å²) in [5.41, 5.74) is 18.8. The van der Waals surface area contributed by atoms with Crippen LogP contribution in [0.4, 0.5) is 5.69 Å². The molecule has 0 heterocycles. The summed E-state index contributed by atoms with van der Waals surface area (Å²) in [6.45, 7) is 4.97. The zero-order valence-corrected chi connectivity index (χ0v) is 11.6. The van der Waals surface area contributed by atoms with Crippen molar-refractivity contribution in [3.05, 3.63) is 29.8 Å². The molecule has 1 aromatic carbocycles. The third-order valence-electron chi connectivity index (χ3n) is 3.01. The van der Waals surface area contributed by atoms with Gasteiger partial charge in [-0.2, -0.15) is 0 Å². The highest BCUT2D eigenvalue weighted by Crippen LogP contribution is 2.10. The van der Waals surface area contributed by atoms with Crippen LogP contribution in [0.5, 0.6) is 0 Å². The summed E-state index contributed by atoms with van der Waals surface area (Å²) in [6.07, 6.45) is 1.02. The monoisotopic (exact) mass is 265 g/mol. The highest BCUT2D eigenvalue weighted by atomic mass is 14.9. The molecule has 0 saturated carbocycles. The van der Waals surface area contributed by atoms with Crippen LogP contribution >= 0.6 is 0 Å². The number of rotatable bonds is 10. The first-order valence-electron chi connectivity index (χ1n) is 6.92. The predicted octanol–water partition coefficient (Wildman–Crippen LogP) is -0.476. The Morgan fingerprint density at radius 3 is 1.89 bits per heavy atom. The Morgan fingerprint density at radius 2 is 1.42 bits per heavy atom. The van der Waals surface area contributed by atoms with E-state index in [1.54, 1.807) is 0 Å². The fourth-order valence-electron chi connectivity index (χ4n) is 2.02. The lowest BCUT2D eigenvalue weighted by Gasteiger charge is -2.18. The molecule has 0 fully saturated rings. The van der Waals surface area contributed by atoms with Gasteiger partial charge in [0.1, 0.15) is 0 Å². The van der Waals surface area contributed by atoms with E-state index in [0.717, 1.165) is 38.3 Å². The Kier molecular flexibility index (Phi) is 8.16. The van der Waals surface area contributed by atoms with Crippen molar-refractivity contribution in [2.75, 3.05) is 45.0 Å². The fourth-order valence-corrected chi connectivity index (χ4v) is 2.02. The molecule has 0 spiro atoms. The third kappa shape index (κ3) is 7.12. The summed E-state index contributed by atoms with van der Waals surface area (Å²) in [5.74, 6) is 0.529. The molecule has 108 valence electrons. The van der Waals surface area contributed by atoms with Crippen LogP contribution in [0.25, 0.3) is 0 Å². The van der Waals surface area contributed by atoms with Crippen LogP contribution in [-0.4, -0.2) is 39.3 Å². The van der Waals surface area contributed by atoms with Gasteiger partial charge in [0.2, 0.25) is 0 Å². The van der Waals surface area contributed by atoms with Gasteiger partial charge < -0.3 is 27.8 Å². The average Bonchev–Trinajstić information content (AvgIpc) is 2.41. The van der Waals surface area contributed by atoms with Crippen LogP contribution in [0, 0.1) is 5.92 Å². The van der Waals surface area contributed by atoms with Crippen molar-refractivity contribution in [3.8, 4) is 0 Å². The first kappa shape index (κ1) is 15.9. The smallest absolute Gasteiger partial charge is 0.0314 e. The maximum atomic E-state index is 5.70. The molecule has 0 atom stereocenters. The van der Waals surface area contributed by atoms with Crippen molar-refractivity contribution in [1.29, 1.82) is 0 Å². The maximum Gasteiger partial charge on any atom is 0.0314 e. The van der Waals surface area contributed by atoms with Crippen LogP contribution in [-0.2, 0) is 6.42 Å². The molecule has 1 aromatic rings. The van der Waals surface area contributed by atoms with E-state index in [2.05, 4.69) is 22.8 Å². The number of nitrogens with two attached hydrogens (primary N) is 3. The summed E-state index contributed by atoms with van der Waals surface area (Å²) in [4.78, 5) is 0. The van der Waals surface area contributed by atoms with E-state index < -0.39 is 0 Å². The summed E-state index contributed by atoms with van der Waals surface area (Å²) in [6, 6.07) is 8.09. The number of hydrogen-bond donors (Lipinski definition) is 5. The van der Waals surface area contributed by atoms with Crippen LogP contribution in [0.3, 0.4) is 0 Å². The minimum absolute atomic E-state index is 0.529. The van der Waals surface area contributed by atoms with Crippen LogP contribution < -0.4 is 27.8 Å². The lowest BCUT2D eigenvalue weighted by Crippen LogP contribution is -2.36. The molecule has 0 radical (unpaired) electrons. The molecule has 0 aliphatic heterocycles. The van der Waals surface area contributed by atoms with E-state index in [0.29, 0.717) is 19.0 Å². The van der Waals surface area contributed by atoms with Crippen molar-refractivity contribution in [1.82, 2.24) is 10.6 Å². The van der Waals surface area contributed by atoms with Crippen molar-refractivity contribution in [2.24, 2.45) is 17.4 Å². The van der Waals surface area contributed by atoms with E-state index in [1.807, 2.05) is 12.1 Å². The molecular formula is C14H27N5. The van der Waals surface area contributed by atoms with E-state index in [-0.39, 0.29) is 0 Å². The molecule has 0 aromatic heterocycles. The number of nitrogens with one attached hydrogen (secondary N) is 2. The van der Waals surface area contributed by atoms with Crippen molar-refractivity contribution in [2.45, 2.75) is 6.42 Å². The largest absolute Gasteiger partial charge is 0.399 e. The van der Waals surface area contributed by atoms with Gasteiger partial charge in [-0.3, -0.25) is 0 Å². The summed E-state index contributed by atoms with van der Waals surface area (Å²) < 4.78 is 0. The van der Waals surface area contributed by atoms with Gasteiger partial charge in [0.25, 0.3) is 0 Å². The lowest BCUT2D eigenvalue weighted by atomic mass is 9.99. The quantitative estimate of drug-likeness (QED) is 0.291. The Bertz CT molecular complexity index is 315. The molecule has 5 nitrogen and oxygen atoms in total. The minimum Gasteiger partial charge on any atom is -0.399 e. The predicted molar refractivity (Wildman–Crippen MR) is 81.9 cm³/mol. The molecule has 8 N–H and O–H groups in total. The SMILES string of the molecule is NCCNCC(CNCCN)Cc1ccc(N)cc1. The highest BCUT2D eigenvalue weighted by Gasteiger charge is 2.09. The van der Waals surface area contributed by atoms with E-state index in [4.69, 9.17) is 17.2 Å². The highest BCUT2D eigenvalue weighted by molar-refractivity contribution is 5.39. The number of nitrogen functional groups attached to an aromatic ring is 1. The second kappa shape index (κ2) is 9.75. The summed E-state index contributed by atoms with van der Waals surface area (Å²) in [7, 11) is 0. The minimum atomic E-state index is 0.529. The molecule has 0 bridgehead atoms. The second-order valence-electron chi connectivity index (χ2n) is 4.80. The third-order valence-corrected chi connectivity index (χ3v) is 3.01. The van der Waals surface area contributed by atoms with Crippen LogP contribution in [0.1, 0.15) is 5.56 Å². The van der Waals surface area contributed by atoms with Crippen molar-refractivity contribution >= 4 is 5.69 Å². The molecule has 0 aliphatic carbocycles. The Labute approximate surface area is 115 Å². The Balaban J connectivity index is 2.44. The molecule has 0 saturated heterocycles. The lowest BCUT2D eigenvalue weighted by molar-refractivity contribution is 0.444. The van der Waals surface area contributed by atoms with Crippen LogP contribution in [0.15, 0.2) is 24.3 Å². The molecule has 0 unspecified atom stereocenters. The Morgan fingerprint density at radius 1 is 0.895 bits per heavy atom. The maximum absolute atomic E-state index is 5.70. The molecule has 5 heteroatoms. The van der Waals surface area contributed by atoms with E-state index in [1.165, 1.54) is 5.56 Å². The van der Waals surface area contributed by atoms with Crippen molar-refractivity contribution < 1.29 is 0 Å². The van der Waals surface area contributed by atoms with Gasteiger partial charge in [-0.15, -0.1) is 0 Å². The Hall–Kier alpha value is -1.14. The normalized spacial score (nSPS) is 11.1. The average molecular weight is 265 g/mol. The number of hydrogen-bond acceptors (Lipinski definition) is 5. The zero-order chi connectivity index (χ0) is 13.9. The zero-order valence-electron chi connectivity index (χ0n) is 11.6. The first-order chi connectivity index (χ1) is 9.26.